The van der Waals surface area contributed by atoms with Gasteiger partial charge in [0, 0.05) is 0 Å². The number of rotatable bonds is 7. The van der Waals surface area contributed by atoms with Gasteiger partial charge in [0.25, 0.3) is 0 Å². The summed E-state index contributed by atoms with van der Waals surface area (Å²) in [5, 5.41) is 4.59. The van der Waals surface area contributed by atoms with E-state index in [2.05, 4.69) is 10.6 Å². The maximum atomic E-state index is 11.7. The van der Waals surface area contributed by atoms with Crippen LogP contribution >= 0.6 is 0 Å². The summed E-state index contributed by atoms with van der Waals surface area (Å²) < 4.78 is 0. The molecule has 0 bridgehead atoms. The van der Waals surface area contributed by atoms with Crippen molar-refractivity contribution in [1.29, 1.82) is 0 Å². The minimum absolute atomic E-state index is 0.365. The standard InChI is InChI=1S/C10H18N4O4/c1-5(4-15)13-10(18)7(3-8(12)16)14-9(17)6(2)11/h4-7H,3,11H2,1-2H3,(H2,12,16)(H,13,18)(H,14,17)/t5-,6-,7-/m0/s1. The fraction of sp³-hybridized carbons (Fsp3) is 0.600. The van der Waals surface area contributed by atoms with Crippen molar-refractivity contribution in [3.05, 3.63) is 0 Å². The Balaban J connectivity index is 4.66. The molecule has 0 heterocycles. The van der Waals surface area contributed by atoms with Crippen molar-refractivity contribution >= 4 is 24.0 Å². The molecule has 3 atom stereocenters. The summed E-state index contributed by atoms with van der Waals surface area (Å²) in [5.74, 6) is -2.00. The highest BCUT2D eigenvalue weighted by molar-refractivity contribution is 5.93. The molecular weight excluding hydrogens is 240 g/mol. The van der Waals surface area contributed by atoms with E-state index in [1.807, 2.05) is 0 Å². The van der Waals surface area contributed by atoms with Crippen LogP contribution in [0.15, 0.2) is 0 Å². The van der Waals surface area contributed by atoms with Gasteiger partial charge in [-0.05, 0) is 13.8 Å². The van der Waals surface area contributed by atoms with Crippen molar-refractivity contribution in [2.75, 3.05) is 0 Å². The molecule has 0 saturated heterocycles. The lowest BCUT2D eigenvalue weighted by atomic mass is 10.1. The lowest BCUT2D eigenvalue weighted by Gasteiger charge is -2.19. The Hall–Kier alpha value is -1.96. The summed E-state index contributed by atoms with van der Waals surface area (Å²) in [7, 11) is 0. The number of amides is 3. The van der Waals surface area contributed by atoms with Crippen LogP contribution in [-0.4, -0.2) is 42.1 Å². The number of primary amides is 1. The first-order valence-corrected chi connectivity index (χ1v) is 5.37. The average Bonchev–Trinajstić information content (AvgIpc) is 2.26. The molecule has 3 amide bonds. The zero-order chi connectivity index (χ0) is 14.3. The maximum Gasteiger partial charge on any atom is 0.243 e. The van der Waals surface area contributed by atoms with Crippen LogP contribution in [0.1, 0.15) is 20.3 Å². The predicted molar refractivity (Wildman–Crippen MR) is 63.1 cm³/mol. The predicted octanol–water partition coefficient (Wildman–Crippen LogP) is -2.60. The van der Waals surface area contributed by atoms with Crippen LogP contribution in [0.5, 0.6) is 0 Å². The smallest absolute Gasteiger partial charge is 0.243 e. The number of hydrogen-bond donors (Lipinski definition) is 4. The highest BCUT2D eigenvalue weighted by Gasteiger charge is 2.24. The Morgan fingerprint density at radius 2 is 1.72 bits per heavy atom. The Morgan fingerprint density at radius 3 is 2.11 bits per heavy atom. The number of nitrogens with two attached hydrogens (primary N) is 2. The number of nitrogens with one attached hydrogen (secondary N) is 2. The van der Waals surface area contributed by atoms with Gasteiger partial charge in [0.1, 0.15) is 12.3 Å². The highest BCUT2D eigenvalue weighted by Crippen LogP contribution is 1.94. The average molecular weight is 258 g/mol. The van der Waals surface area contributed by atoms with Gasteiger partial charge in [-0.25, -0.2) is 0 Å². The van der Waals surface area contributed by atoms with Gasteiger partial charge < -0.3 is 26.9 Å². The quantitative estimate of drug-likeness (QED) is 0.370. The van der Waals surface area contributed by atoms with E-state index in [4.69, 9.17) is 11.5 Å². The fourth-order valence-electron chi connectivity index (χ4n) is 1.07. The van der Waals surface area contributed by atoms with Gasteiger partial charge >= 0.3 is 0 Å². The molecule has 0 aliphatic rings. The first-order valence-electron chi connectivity index (χ1n) is 5.37. The van der Waals surface area contributed by atoms with E-state index in [0.717, 1.165) is 0 Å². The summed E-state index contributed by atoms with van der Waals surface area (Å²) >= 11 is 0. The van der Waals surface area contributed by atoms with Crippen LogP contribution < -0.4 is 22.1 Å². The normalized spacial score (nSPS) is 15.1. The van der Waals surface area contributed by atoms with E-state index < -0.39 is 35.8 Å². The molecule has 0 fully saturated rings. The van der Waals surface area contributed by atoms with Crippen molar-refractivity contribution in [3.63, 3.8) is 0 Å². The molecule has 0 radical (unpaired) electrons. The molecule has 0 spiro atoms. The summed E-state index contributed by atoms with van der Waals surface area (Å²) in [5.41, 5.74) is 10.3. The number of carbonyl (C=O) groups is 4. The fourth-order valence-corrected chi connectivity index (χ4v) is 1.07. The zero-order valence-electron chi connectivity index (χ0n) is 10.3. The third-order valence-corrected chi connectivity index (χ3v) is 2.03. The third-order valence-electron chi connectivity index (χ3n) is 2.03. The molecule has 102 valence electrons. The molecule has 0 unspecified atom stereocenters. The SMILES string of the molecule is C[C@H](N)C(=O)N[C@@H](CC(N)=O)C(=O)N[C@@H](C)C=O. The number of aldehydes is 1. The molecule has 8 nitrogen and oxygen atoms in total. The van der Waals surface area contributed by atoms with Crippen LogP contribution in [0.2, 0.25) is 0 Å². The van der Waals surface area contributed by atoms with Crippen LogP contribution in [-0.2, 0) is 19.2 Å². The molecule has 0 rings (SSSR count). The first-order chi connectivity index (χ1) is 8.27. The second-order valence-electron chi connectivity index (χ2n) is 3.95. The monoisotopic (exact) mass is 258 g/mol. The zero-order valence-corrected chi connectivity index (χ0v) is 10.3. The second-order valence-corrected chi connectivity index (χ2v) is 3.95. The van der Waals surface area contributed by atoms with E-state index in [0.29, 0.717) is 6.29 Å². The molecule has 0 saturated carbocycles. The van der Waals surface area contributed by atoms with Crippen LogP contribution in [0.3, 0.4) is 0 Å². The third kappa shape index (κ3) is 5.94. The topological polar surface area (TPSA) is 144 Å². The van der Waals surface area contributed by atoms with Crippen molar-refractivity contribution in [2.45, 2.75) is 38.4 Å². The van der Waals surface area contributed by atoms with Gasteiger partial charge in [-0.1, -0.05) is 0 Å². The molecule has 0 aromatic heterocycles. The summed E-state index contributed by atoms with van der Waals surface area (Å²) in [4.78, 5) is 44.2. The van der Waals surface area contributed by atoms with Gasteiger partial charge in [0.05, 0.1) is 18.5 Å². The van der Waals surface area contributed by atoms with Crippen LogP contribution in [0, 0.1) is 0 Å². The van der Waals surface area contributed by atoms with Crippen LogP contribution in [0.25, 0.3) is 0 Å². The molecule has 6 N–H and O–H groups in total. The van der Waals surface area contributed by atoms with E-state index >= 15 is 0 Å². The van der Waals surface area contributed by atoms with Gasteiger partial charge in [-0.2, -0.15) is 0 Å². The lowest BCUT2D eigenvalue weighted by molar-refractivity contribution is -0.132. The summed E-state index contributed by atoms with van der Waals surface area (Å²) in [6, 6.07) is -2.68. The molecule has 0 aliphatic heterocycles. The van der Waals surface area contributed by atoms with Gasteiger partial charge in [0.15, 0.2) is 0 Å². The Kier molecular flexibility index (Phi) is 6.58. The highest BCUT2D eigenvalue weighted by atomic mass is 16.2. The van der Waals surface area contributed by atoms with Crippen molar-refractivity contribution in [2.24, 2.45) is 11.5 Å². The Morgan fingerprint density at radius 1 is 1.17 bits per heavy atom. The minimum atomic E-state index is -1.14. The van der Waals surface area contributed by atoms with Gasteiger partial charge in [-0.3, -0.25) is 14.4 Å². The van der Waals surface area contributed by atoms with Gasteiger partial charge in [-0.15, -0.1) is 0 Å². The molecule has 0 aromatic carbocycles. The number of carbonyl (C=O) groups excluding carboxylic acids is 4. The van der Waals surface area contributed by atoms with E-state index in [9.17, 15) is 19.2 Å². The van der Waals surface area contributed by atoms with E-state index in [1.165, 1.54) is 13.8 Å². The van der Waals surface area contributed by atoms with E-state index in [1.54, 1.807) is 0 Å². The van der Waals surface area contributed by atoms with Crippen molar-refractivity contribution in [1.82, 2.24) is 10.6 Å². The Labute approximate surface area is 104 Å². The van der Waals surface area contributed by atoms with Crippen molar-refractivity contribution < 1.29 is 19.2 Å². The molecule has 0 aromatic rings. The van der Waals surface area contributed by atoms with Crippen LogP contribution in [0.4, 0.5) is 0 Å². The second kappa shape index (κ2) is 7.38. The summed E-state index contributed by atoms with van der Waals surface area (Å²) in [6.45, 7) is 2.89. The lowest BCUT2D eigenvalue weighted by Crippen LogP contribution is -2.53. The largest absolute Gasteiger partial charge is 0.370 e. The summed E-state index contributed by atoms with van der Waals surface area (Å²) in [6.07, 6.45) is 0.155. The van der Waals surface area contributed by atoms with E-state index in [-0.39, 0.29) is 6.42 Å². The Bertz CT molecular complexity index is 343. The molecule has 0 aliphatic carbocycles. The number of hydrogen-bond acceptors (Lipinski definition) is 5. The molecular formula is C10H18N4O4. The van der Waals surface area contributed by atoms with Gasteiger partial charge in [0.2, 0.25) is 17.7 Å². The molecule has 18 heavy (non-hydrogen) atoms. The maximum absolute atomic E-state index is 11.7. The minimum Gasteiger partial charge on any atom is -0.370 e. The molecule has 8 heteroatoms. The first kappa shape index (κ1) is 16.0. The van der Waals surface area contributed by atoms with Crippen molar-refractivity contribution in [3.8, 4) is 0 Å².